The van der Waals surface area contributed by atoms with E-state index in [1.54, 1.807) is 32.4 Å². The van der Waals surface area contributed by atoms with Gasteiger partial charge < -0.3 is 25.0 Å². The number of urea groups is 1. The van der Waals surface area contributed by atoms with Gasteiger partial charge in [-0.25, -0.2) is 33.3 Å². The van der Waals surface area contributed by atoms with Gasteiger partial charge in [0.25, 0.3) is 12.0 Å². The zero-order valence-electron chi connectivity index (χ0n) is 32.2. The van der Waals surface area contributed by atoms with E-state index < -0.39 is 23.5 Å². The molecule has 58 heavy (non-hydrogen) atoms. The van der Waals surface area contributed by atoms with Gasteiger partial charge >= 0.3 is 11.7 Å². The van der Waals surface area contributed by atoms with Crippen LogP contribution in [-0.4, -0.2) is 92.5 Å². The van der Waals surface area contributed by atoms with Crippen molar-refractivity contribution < 1.29 is 23.0 Å². The molecule has 1 spiro atoms. The van der Waals surface area contributed by atoms with Gasteiger partial charge in [-0.1, -0.05) is 53.5 Å². The molecule has 0 bridgehead atoms. The SMILES string of the molecule is COCCN1CC[C@]2(CCN([C@H]3CCc4cc(-c5cccc(-c6cccc(Nc7nc(C(F)F)nc8c7c(=O)n(C)c(=O)n8C)c6Cl)c5Cl)nc(OC)c43)C2)NC1=O. The van der Waals surface area contributed by atoms with Gasteiger partial charge in [-0.2, -0.15) is 0 Å². The number of ether oxygens (including phenoxy) is 2. The Labute approximate surface area is 341 Å². The number of aryl methyl sites for hydroxylation is 2. The summed E-state index contributed by atoms with van der Waals surface area (Å²) in [6, 6.07) is 12.7. The van der Waals surface area contributed by atoms with Crippen LogP contribution in [-0.2, 0) is 25.3 Å². The fraction of sp³-hybridized carbons (Fsp3) is 0.400. The number of nitrogens with zero attached hydrogens (tertiary/aromatic N) is 7. The number of nitrogens with one attached hydrogen (secondary N) is 2. The van der Waals surface area contributed by atoms with Gasteiger partial charge in [-0.15, -0.1) is 0 Å². The maximum Gasteiger partial charge on any atom is 0.332 e. The summed E-state index contributed by atoms with van der Waals surface area (Å²) in [5.74, 6) is -0.582. The predicted octanol–water partition coefficient (Wildman–Crippen LogP) is 6.25. The highest BCUT2D eigenvalue weighted by Gasteiger charge is 2.46. The topological polar surface area (TPSA) is 149 Å². The highest BCUT2D eigenvalue weighted by Crippen LogP contribution is 2.47. The van der Waals surface area contributed by atoms with Gasteiger partial charge in [0, 0.05) is 75.7 Å². The monoisotopic (exact) mass is 835 g/mol. The van der Waals surface area contributed by atoms with E-state index in [4.69, 9.17) is 37.7 Å². The van der Waals surface area contributed by atoms with Gasteiger partial charge in [0.05, 0.1) is 40.7 Å². The van der Waals surface area contributed by atoms with Crippen molar-refractivity contribution in [1.29, 1.82) is 0 Å². The average molecular weight is 837 g/mol. The lowest BCUT2D eigenvalue weighted by molar-refractivity contribution is 0.114. The molecule has 2 aromatic carbocycles. The van der Waals surface area contributed by atoms with E-state index in [0.29, 0.717) is 53.0 Å². The van der Waals surface area contributed by atoms with Crippen LogP contribution in [0, 0.1) is 0 Å². The summed E-state index contributed by atoms with van der Waals surface area (Å²) in [6.45, 7) is 3.34. The zero-order valence-corrected chi connectivity index (χ0v) is 33.8. The molecule has 2 aliphatic heterocycles. The van der Waals surface area contributed by atoms with Crippen LogP contribution in [0.3, 0.4) is 0 Å². The summed E-state index contributed by atoms with van der Waals surface area (Å²) >= 11 is 14.2. The van der Waals surface area contributed by atoms with Crippen LogP contribution in [0.4, 0.5) is 25.1 Å². The largest absolute Gasteiger partial charge is 0.481 e. The van der Waals surface area contributed by atoms with Crippen LogP contribution < -0.4 is 26.6 Å². The summed E-state index contributed by atoms with van der Waals surface area (Å²) in [6.07, 6.45) is 0.341. The highest BCUT2D eigenvalue weighted by molar-refractivity contribution is 6.39. The number of benzene rings is 2. The summed E-state index contributed by atoms with van der Waals surface area (Å²) < 4.78 is 40.9. The number of carbonyl (C=O) groups is 1. The van der Waals surface area contributed by atoms with Gasteiger partial charge in [-0.05, 0) is 43.4 Å². The normalized spacial score (nSPS) is 19.4. The molecule has 14 nitrogen and oxygen atoms in total. The van der Waals surface area contributed by atoms with Crippen molar-refractivity contribution in [2.45, 2.75) is 43.7 Å². The minimum Gasteiger partial charge on any atom is -0.481 e. The van der Waals surface area contributed by atoms with Crippen molar-refractivity contribution in [3.63, 3.8) is 0 Å². The Kier molecular flexibility index (Phi) is 10.6. The molecule has 8 rings (SSSR count). The number of halogens is 4. The number of hydrogen-bond donors (Lipinski definition) is 2. The van der Waals surface area contributed by atoms with Crippen molar-refractivity contribution in [3.8, 4) is 28.3 Å². The molecule has 0 unspecified atom stereocenters. The van der Waals surface area contributed by atoms with Crippen molar-refractivity contribution in [3.05, 3.63) is 90.3 Å². The molecule has 3 aromatic heterocycles. The lowest BCUT2D eigenvalue weighted by Crippen LogP contribution is -2.61. The van der Waals surface area contributed by atoms with Crippen LogP contribution in [0.15, 0.2) is 52.1 Å². The van der Waals surface area contributed by atoms with Crippen LogP contribution in [0.2, 0.25) is 10.0 Å². The van der Waals surface area contributed by atoms with E-state index in [1.165, 1.54) is 14.1 Å². The second kappa shape index (κ2) is 15.5. The van der Waals surface area contributed by atoms with Crippen molar-refractivity contribution >= 4 is 51.8 Å². The van der Waals surface area contributed by atoms with Crippen molar-refractivity contribution in [2.75, 3.05) is 52.3 Å². The zero-order chi connectivity index (χ0) is 41.0. The Bertz CT molecular complexity index is 2590. The number of likely N-dealkylation sites (tertiary alicyclic amines) is 1. The Morgan fingerprint density at radius 2 is 1.69 bits per heavy atom. The minimum atomic E-state index is -3.08. The quantitative estimate of drug-likeness (QED) is 0.166. The van der Waals surface area contributed by atoms with E-state index in [2.05, 4.69) is 31.6 Å². The Hall–Kier alpha value is -5.16. The molecular weight excluding hydrogens is 795 g/mol. The molecule has 2 saturated heterocycles. The first-order chi connectivity index (χ1) is 27.8. The smallest absolute Gasteiger partial charge is 0.332 e. The fourth-order valence-electron chi connectivity index (χ4n) is 8.52. The Morgan fingerprint density at radius 3 is 2.41 bits per heavy atom. The molecule has 18 heteroatoms. The highest BCUT2D eigenvalue weighted by atomic mass is 35.5. The standard InChI is InChI=1S/C40H41Cl2F2N9O5/c1-50-35-29(37(54)51(2)39(50)56)33(47-34(48-35)32(43)44)45-25-10-6-8-23(31(25)42)22-7-5-9-24(30(22)41)26-19-21-11-12-27(28(21)36(46-26)58-4)53-16-14-40(20-53)13-15-52(17-18-57-3)38(55)49-40/h5-10,19,27,32H,11-18,20H2,1-4H3,(H,49,55)(H,45,47,48)/t27-,40+/m0/s1. The molecule has 2 atom stereocenters. The maximum atomic E-state index is 13.9. The number of carbonyl (C=O) groups excluding carboxylic acids is 1. The Morgan fingerprint density at radius 1 is 0.966 bits per heavy atom. The van der Waals surface area contributed by atoms with E-state index in [1.807, 2.05) is 23.1 Å². The van der Waals surface area contributed by atoms with Crippen LogP contribution in [0.1, 0.15) is 48.7 Å². The maximum absolute atomic E-state index is 13.9. The number of methoxy groups -OCH3 is 2. The van der Waals surface area contributed by atoms with Crippen molar-refractivity contribution in [2.24, 2.45) is 14.1 Å². The first kappa shape index (κ1) is 39.7. The average Bonchev–Trinajstić information content (AvgIpc) is 3.83. The molecule has 2 N–H and O–H groups in total. The number of rotatable bonds is 10. The summed E-state index contributed by atoms with van der Waals surface area (Å²) in [7, 11) is 5.86. The molecule has 2 amide bonds. The molecule has 0 radical (unpaired) electrons. The number of alkyl halides is 2. The third kappa shape index (κ3) is 6.84. The summed E-state index contributed by atoms with van der Waals surface area (Å²) in [4.78, 5) is 55.9. The van der Waals surface area contributed by atoms with E-state index in [-0.39, 0.29) is 45.2 Å². The number of fused-ring (bicyclic) bond motifs is 2. The molecule has 1 aliphatic carbocycles. The van der Waals surface area contributed by atoms with E-state index >= 15 is 0 Å². The van der Waals surface area contributed by atoms with Crippen LogP contribution in [0.5, 0.6) is 5.88 Å². The number of anilines is 2. The number of amides is 2. The first-order valence-corrected chi connectivity index (χ1v) is 19.6. The second-order valence-electron chi connectivity index (χ2n) is 14.9. The molecule has 3 aliphatic rings. The van der Waals surface area contributed by atoms with E-state index in [9.17, 15) is 23.2 Å². The van der Waals surface area contributed by atoms with Crippen LogP contribution >= 0.6 is 23.2 Å². The minimum absolute atomic E-state index is 0.0479. The van der Waals surface area contributed by atoms with Gasteiger partial charge in [0.15, 0.2) is 11.5 Å². The lowest BCUT2D eigenvalue weighted by Gasteiger charge is -2.40. The predicted molar refractivity (Wildman–Crippen MR) is 217 cm³/mol. The number of aromatic nitrogens is 5. The summed E-state index contributed by atoms with van der Waals surface area (Å²) in [5, 5.41) is 6.65. The fourth-order valence-corrected chi connectivity index (χ4v) is 9.12. The molecule has 2 fully saturated rings. The number of hydrogen-bond acceptors (Lipinski definition) is 10. The van der Waals surface area contributed by atoms with E-state index in [0.717, 1.165) is 59.0 Å². The third-order valence-corrected chi connectivity index (χ3v) is 12.4. The Balaban J connectivity index is 1.09. The molecule has 5 heterocycles. The molecule has 304 valence electrons. The van der Waals surface area contributed by atoms with Gasteiger partial charge in [0.1, 0.15) is 11.2 Å². The number of pyridine rings is 1. The lowest BCUT2D eigenvalue weighted by atomic mass is 9.92. The molecule has 0 saturated carbocycles. The van der Waals surface area contributed by atoms with Crippen LogP contribution in [0.25, 0.3) is 33.4 Å². The molecular formula is C40H41Cl2F2N9O5. The third-order valence-electron chi connectivity index (χ3n) is 11.6. The van der Waals surface area contributed by atoms with Gasteiger partial charge in [0.2, 0.25) is 5.88 Å². The van der Waals surface area contributed by atoms with Crippen molar-refractivity contribution in [1.82, 2.24) is 39.2 Å². The second-order valence-corrected chi connectivity index (χ2v) is 15.7. The summed E-state index contributed by atoms with van der Waals surface area (Å²) in [5.41, 5.74) is 2.74. The first-order valence-electron chi connectivity index (χ1n) is 18.8. The molecule has 5 aromatic rings. The van der Waals surface area contributed by atoms with Gasteiger partial charge in [-0.3, -0.25) is 18.8 Å².